The van der Waals surface area contributed by atoms with E-state index < -0.39 is 11.7 Å². The first-order valence-corrected chi connectivity index (χ1v) is 12.0. The van der Waals surface area contributed by atoms with Gasteiger partial charge in [0.15, 0.2) is 0 Å². The van der Waals surface area contributed by atoms with Gasteiger partial charge in [-0.3, -0.25) is 0 Å². The number of morpholine rings is 1. The number of fused-ring (bicyclic) bond motifs is 1. The molecule has 11 heteroatoms. The van der Waals surface area contributed by atoms with E-state index in [9.17, 15) is 9.59 Å². The Morgan fingerprint density at radius 3 is 2.56 bits per heavy atom. The van der Waals surface area contributed by atoms with E-state index in [1.807, 2.05) is 25.3 Å². The number of anilines is 1. The Hall–Kier alpha value is -2.72. The first-order chi connectivity index (χ1) is 16.1. The van der Waals surface area contributed by atoms with Gasteiger partial charge in [-0.25, -0.2) is 14.6 Å². The lowest BCUT2D eigenvalue weighted by atomic mass is 10.1. The van der Waals surface area contributed by atoms with Crippen LogP contribution in [0.15, 0.2) is 12.1 Å². The summed E-state index contributed by atoms with van der Waals surface area (Å²) in [5.74, 6) is 0.597. The van der Waals surface area contributed by atoms with Crippen LogP contribution in [0.1, 0.15) is 46.1 Å². The number of amides is 2. The number of aromatic nitrogens is 2. The van der Waals surface area contributed by atoms with Gasteiger partial charge in [0.1, 0.15) is 11.4 Å². The lowest BCUT2D eigenvalue weighted by molar-refractivity contribution is 0.0238. The summed E-state index contributed by atoms with van der Waals surface area (Å²) < 4.78 is 18.3. The molecule has 2 saturated heterocycles. The highest BCUT2D eigenvalue weighted by atomic mass is 35.5. The van der Waals surface area contributed by atoms with Crippen LogP contribution < -0.4 is 10.5 Å². The number of imidazole rings is 1. The number of rotatable bonds is 2. The van der Waals surface area contributed by atoms with Gasteiger partial charge in [0.05, 0.1) is 35.3 Å². The zero-order valence-corrected chi connectivity index (χ0v) is 20.6. The Balaban J connectivity index is 1.58. The number of likely N-dealkylation sites (tertiary alicyclic amines) is 1. The Labute approximate surface area is 203 Å². The van der Waals surface area contributed by atoms with Gasteiger partial charge in [-0.1, -0.05) is 11.6 Å². The molecule has 0 bridgehead atoms. The van der Waals surface area contributed by atoms with Crippen molar-refractivity contribution in [2.75, 3.05) is 45.1 Å². The summed E-state index contributed by atoms with van der Waals surface area (Å²) in [7, 11) is 0. The quantitative estimate of drug-likeness (QED) is 0.671. The van der Waals surface area contributed by atoms with Crippen LogP contribution in [0, 0.1) is 0 Å². The number of nitrogens with two attached hydrogens (primary N) is 1. The molecule has 0 spiro atoms. The molecule has 0 aliphatic carbocycles. The van der Waals surface area contributed by atoms with Gasteiger partial charge in [0, 0.05) is 38.3 Å². The smallest absolute Gasteiger partial charge is 0.415 e. The van der Waals surface area contributed by atoms with Crippen molar-refractivity contribution < 1.29 is 23.8 Å². The SMILES string of the molecule is CC(C)(C)OC(=O)N1CCCC[C@@H](n2c(N)nc3cc(OC(=O)N4CCOCC4)cc(Cl)c32)C1. The molecule has 186 valence electrons. The van der Waals surface area contributed by atoms with Crippen molar-refractivity contribution in [3.8, 4) is 5.75 Å². The fraction of sp³-hybridized carbons (Fsp3) is 0.609. The van der Waals surface area contributed by atoms with Crippen LogP contribution >= 0.6 is 11.6 Å². The normalized spacial score (nSPS) is 19.7. The van der Waals surface area contributed by atoms with Crippen molar-refractivity contribution in [3.63, 3.8) is 0 Å². The third-order valence-electron chi connectivity index (χ3n) is 5.88. The van der Waals surface area contributed by atoms with E-state index in [1.54, 1.807) is 21.9 Å². The van der Waals surface area contributed by atoms with Crippen LogP contribution in [0.4, 0.5) is 15.5 Å². The molecule has 1 aromatic heterocycles. The second-order valence-corrected chi connectivity index (χ2v) is 10.1. The highest BCUT2D eigenvalue weighted by Crippen LogP contribution is 2.35. The molecule has 34 heavy (non-hydrogen) atoms. The summed E-state index contributed by atoms with van der Waals surface area (Å²) in [6.45, 7) is 8.54. The summed E-state index contributed by atoms with van der Waals surface area (Å²) >= 11 is 6.65. The van der Waals surface area contributed by atoms with Crippen molar-refractivity contribution in [2.45, 2.75) is 51.7 Å². The molecule has 2 aliphatic heterocycles. The number of carbonyl (C=O) groups is 2. The Morgan fingerprint density at radius 1 is 1.12 bits per heavy atom. The Kier molecular flexibility index (Phi) is 7.09. The standard InChI is InChI=1S/C23H32ClN5O5/c1-23(2,3)34-22(31)28-7-5-4-6-15(14-28)29-19-17(24)12-16(13-18(19)26-20(29)25)33-21(30)27-8-10-32-11-9-27/h12-13,15H,4-11,14H2,1-3H3,(H2,25,26)/t15-/m1/s1. The van der Waals surface area contributed by atoms with Gasteiger partial charge >= 0.3 is 12.2 Å². The average Bonchev–Trinajstić information content (AvgIpc) is 2.93. The summed E-state index contributed by atoms with van der Waals surface area (Å²) in [5.41, 5.74) is 6.94. The van der Waals surface area contributed by atoms with Crippen LogP contribution in [0.5, 0.6) is 5.75 Å². The molecule has 0 radical (unpaired) electrons. The zero-order chi connectivity index (χ0) is 24.5. The van der Waals surface area contributed by atoms with Crippen molar-refractivity contribution in [1.29, 1.82) is 0 Å². The molecular weight excluding hydrogens is 462 g/mol. The molecule has 3 heterocycles. The van der Waals surface area contributed by atoms with Gasteiger partial charge in [-0.05, 0) is 40.0 Å². The highest BCUT2D eigenvalue weighted by Gasteiger charge is 2.30. The minimum absolute atomic E-state index is 0.112. The molecular formula is C23H32ClN5O5. The first kappa shape index (κ1) is 24.4. The summed E-state index contributed by atoms with van der Waals surface area (Å²) in [6.07, 6.45) is 1.82. The minimum Gasteiger partial charge on any atom is -0.444 e. The summed E-state index contributed by atoms with van der Waals surface area (Å²) in [6, 6.07) is 3.15. The molecule has 0 saturated carbocycles. The number of nitrogens with zero attached hydrogens (tertiary/aromatic N) is 4. The molecule has 4 rings (SSSR count). The van der Waals surface area contributed by atoms with Crippen molar-refractivity contribution in [2.24, 2.45) is 0 Å². The molecule has 10 nitrogen and oxygen atoms in total. The second-order valence-electron chi connectivity index (χ2n) is 9.66. The molecule has 2 aliphatic rings. The van der Waals surface area contributed by atoms with Crippen LogP contribution in [0.2, 0.25) is 5.02 Å². The number of carbonyl (C=O) groups excluding carboxylic acids is 2. The van der Waals surface area contributed by atoms with Gasteiger partial charge < -0.3 is 34.3 Å². The van der Waals surface area contributed by atoms with Crippen LogP contribution in [-0.4, -0.2) is 76.5 Å². The third kappa shape index (κ3) is 5.50. The number of hydrogen-bond donors (Lipinski definition) is 1. The molecule has 2 N–H and O–H groups in total. The van der Waals surface area contributed by atoms with E-state index in [4.69, 9.17) is 31.5 Å². The monoisotopic (exact) mass is 493 g/mol. The maximum Gasteiger partial charge on any atom is 0.415 e. The maximum atomic E-state index is 12.7. The molecule has 2 aromatic rings. The van der Waals surface area contributed by atoms with Crippen LogP contribution in [0.25, 0.3) is 11.0 Å². The van der Waals surface area contributed by atoms with Crippen molar-refractivity contribution in [1.82, 2.24) is 19.4 Å². The van der Waals surface area contributed by atoms with Gasteiger partial charge in [-0.15, -0.1) is 0 Å². The molecule has 0 unspecified atom stereocenters. The Morgan fingerprint density at radius 2 is 1.85 bits per heavy atom. The molecule has 2 fully saturated rings. The fourth-order valence-electron chi connectivity index (χ4n) is 4.34. The Bertz CT molecular complexity index is 1060. The third-order valence-corrected chi connectivity index (χ3v) is 6.17. The molecule has 1 atom stereocenters. The molecule has 1 aromatic carbocycles. The van der Waals surface area contributed by atoms with E-state index in [-0.39, 0.29) is 12.1 Å². The topological polar surface area (TPSA) is 112 Å². The number of halogens is 1. The van der Waals surface area contributed by atoms with Crippen LogP contribution in [-0.2, 0) is 9.47 Å². The van der Waals surface area contributed by atoms with E-state index in [0.29, 0.717) is 67.1 Å². The number of hydrogen-bond acceptors (Lipinski definition) is 7. The van der Waals surface area contributed by atoms with E-state index in [0.717, 1.165) is 19.3 Å². The van der Waals surface area contributed by atoms with Crippen molar-refractivity contribution in [3.05, 3.63) is 17.2 Å². The van der Waals surface area contributed by atoms with E-state index in [2.05, 4.69) is 4.98 Å². The predicted molar refractivity (Wildman–Crippen MR) is 128 cm³/mol. The van der Waals surface area contributed by atoms with Crippen LogP contribution in [0.3, 0.4) is 0 Å². The van der Waals surface area contributed by atoms with Crippen molar-refractivity contribution >= 4 is 40.8 Å². The van der Waals surface area contributed by atoms with Gasteiger partial charge in [0.25, 0.3) is 0 Å². The number of ether oxygens (including phenoxy) is 3. The zero-order valence-electron chi connectivity index (χ0n) is 19.9. The maximum absolute atomic E-state index is 12.7. The predicted octanol–water partition coefficient (Wildman–Crippen LogP) is 4.07. The lowest BCUT2D eigenvalue weighted by Gasteiger charge is -2.29. The summed E-state index contributed by atoms with van der Waals surface area (Å²) in [4.78, 5) is 33.0. The average molecular weight is 494 g/mol. The van der Waals surface area contributed by atoms with Gasteiger partial charge in [0.2, 0.25) is 5.95 Å². The number of benzene rings is 1. The molecule has 2 amide bonds. The second kappa shape index (κ2) is 9.87. The summed E-state index contributed by atoms with van der Waals surface area (Å²) in [5, 5.41) is 0.375. The van der Waals surface area contributed by atoms with Gasteiger partial charge in [-0.2, -0.15) is 0 Å². The lowest BCUT2D eigenvalue weighted by Crippen LogP contribution is -2.42. The fourth-order valence-corrected chi connectivity index (χ4v) is 4.63. The number of nitrogen functional groups attached to an aromatic ring is 1. The van der Waals surface area contributed by atoms with E-state index in [1.165, 1.54) is 0 Å². The highest BCUT2D eigenvalue weighted by molar-refractivity contribution is 6.35. The minimum atomic E-state index is -0.571. The van der Waals surface area contributed by atoms with E-state index >= 15 is 0 Å². The first-order valence-electron chi connectivity index (χ1n) is 11.6. The largest absolute Gasteiger partial charge is 0.444 e.